The first kappa shape index (κ1) is 9.43. The van der Waals surface area contributed by atoms with Gasteiger partial charge in [-0.15, -0.1) is 0 Å². The summed E-state index contributed by atoms with van der Waals surface area (Å²) >= 11 is 0. The third-order valence-corrected chi connectivity index (χ3v) is 16.3. The summed E-state index contributed by atoms with van der Waals surface area (Å²) in [5, 5.41) is 0. The molecule has 0 rings (SSSR count). The van der Waals surface area contributed by atoms with Crippen molar-refractivity contribution in [3.63, 3.8) is 0 Å². The Bertz CT molecular complexity index is 73.5. The van der Waals surface area contributed by atoms with Crippen molar-refractivity contribution in [2.75, 3.05) is 0 Å². The van der Waals surface area contributed by atoms with E-state index in [9.17, 15) is 0 Å². The molecule has 9 heavy (non-hydrogen) atoms. The molecule has 1 atom stereocenters. The maximum atomic E-state index is 2.54. The van der Waals surface area contributed by atoms with E-state index in [1.807, 2.05) is 0 Å². The number of rotatable bonds is 3. The SMILES string of the molecule is CCC[SiH](C)[Si](C)(C)C. The van der Waals surface area contributed by atoms with Crippen molar-refractivity contribution in [3.8, 4) is 0 Å². The Morgan fingerprint density at radius 1 is 1.22 bits per heavy atom. The summed E-state index contributed by atoms with van der Waals surface area (Å²) in [5.74, 6) is 0. The van der Waals surface area contributed by atoms with Crippen LogP contribution in [0.5, 0.6) is 0 Å². The lowest BCUT2D eigenvalue weighted by molar-refractivity contribution is 1.07. The molecule has 0 amide bonds. The predicted octanol–water partition coefficient (Wildman–Crippen LogP) is 2.67. The molecule has 0 aliphatic heterocycles. The summed E-state index contributed by atoms with van der Waals surface area (Å²) in [6.07, 6.45) is 1.41. The molecular weight excluding hydrogens is 140 g/mol. The second kappa shape index (κ2) is 3.57. The van der Waals surface area contributed by atoms with Gasteiger partial charge in [-0.3, -0.25) is 0 Å². The second-order valence-electron chi connectivity index (χ2n) is 4.06. The van der Waals surface area contributed by atoms with E-state index in [0.29, 0.717) is 0 Å². The monoisotopic (exact) mass is 160 g/mol. The minimum Gasteiger partial charge on any atom is -0.0739 e. The lowest BCUT2D eigenvalue weighted by atomic mass is 10.6. The van der Waals surface area contributed by atoms with Crippen LogP contribution in [0.4, 0.5) is 0 Å². The zero-order chi connectivity index (χ0) is 7.49. The highest BCUT2D eigenvalue weighted by Crippen LogP contribution is 2.11. The summed E-state index contributed by atoms with van der Waals surface area (Å²) in [4.78, 5) is 0. The molecule has 0 aromatic carbocycles. The Balaban J connectivity index is 3.59. The predicted molar refractivity (Wildman–Crippen MR) is 51.5 cm³/mol. The normalized spacial score (nSPS) is 15.7. The van der Waals surface area contributed by atoms with E-state index in [2.05, 4.69) is 33.1 Å². The van der Waals surface area contributed by atoms with Crippen molar-refractivity contribution in [1.82, 2.24) is 0 Å². The summed E-state index contributed by atoms with van der Waals surface area (Å²) < 4.78 is 0. The molecule has 0 aromatic rings. The quantitative estimate of drug-likeness (QED) is 0.557. The minimum atomic E-state index is -0.643. The largest absolute Gasteiger partial charge is 0.0739 e. The summed E-state index contributed by atoms with van der Waals surface area (Å²) in [6, 6.07) is 1.57. The van der Waals surface area contributed by atoms with E-state index in [0.717, 1.165) is 0 Å². The highest BCUT2D eigenvalue weighted by molar-refractivity contribution is 7.31. The van der Waals surface area contributed by atoms with Gasteiger partial charge in [0.15, 0.2) is 0 Å². The second-order valence-corrected chi connectivity index (χ2v) is 19.3. The molecule has 56 valence electrons. The smallest absolute Gasteiger partial charge is 0.0346 e. The Morgan fingerprint density at radius 2 is 1.67 bits per heavy atom. The van der Waals surface area contributed by atoms with E-state index in [1.165, 1.54) is 6.42 Å². The summed E-state index contributed by atoms with van der Waals surface area (Å²) in [6.45, 7) is 12.4. The molecule has 0 aliphatic carbocycles. The summed E-state index contributed by atoms with van der Waals surface area (Å²) in [7, 11) is -0.894. The van der Waals surface area contributed by atoms with Crippen molar-refractivity contribution in [2.45, 2.75) is 45.6 Å². The first-order valence-corrected chi connectivity index (χ1v) is 11.3. The topological polar surface area (TPSA) is 0 Å². The van der Waals surface area contributed by atoms with Crippen LogP contribution in [0.25, 0.3) is 0 Å². The van der Waals surface area contributed by atoms with Crippen LogP contribution in [0.2, 0.25) is 32.2 Å². The van der Waals surface area contributed by atoms with Crippen LogP contribution in [0.1, 0.15) is 13.3 Å². The van der Waals surface area contributed by atoms with Crippen molar-refractivity contribution >= 4 is 15.9 Å². The lowest BCUT2D eigenvalue weighted by Gasteiger charge is -2.22. The number of hydrogen-bond acceptors (Lipinski definition) is 0. The summed E-state index contributed by atoms with van der Waals surface area (Å²) in [5.41, 5.74) is 0. The van der Waals surface area contributed by atoms with Gasteiger partial charge in [-0.25, -0.2) is 0 Å². The van der Waals surface area contributed by atoms with Gasteiger partial charge >= 0.3 is 0 Å². The molecule has 0 nitrogen and oxygen atoms in total. The fourth-order valence-electron chi connectivity index (χ4n) is 0.866. The third-order valence-electron chi connectivity index (χ3n) is 2.20. The van der Waals surface area contributed by atoms with E-state index >= 15 is 0 Å². The maximum absolute atomic E-state index is 2.54. The molecule has 0 N–H and O–H groups in total. The highest BCUT2D eigenvalue weighted by atomic mass is 29.2. The Kier molecular flexibility index (Phi) is 3.74. The van der Waals surface area contributed by atoms with Crippen LogP contribution in [-0.2, 0) is 0 Å². The first-order chi connectivity index (χ1) is 3.98. The molecule has 0 saturated heterocycles. The molecule has 0 aromatic heterocycles. The van der Waals surface area contributed by atoms with Crippen LogP contribution in [0.15, 0.2) is 0 Å². The molecule has 0 bridgehead atoms. The zero-order valence-electron chi connectivity index (χ0n) is 7.49. The van der Waals surface area contributed by atoms with Crippen LogP contribution in [0, 0.1) is 0 Å². The van der Waals surface area contributed by atoms with Gasteiger partial charge in [-0.2, -0.15) is 0 Å². The van der Waals surface area contributed by atoms with Gasteiger partial charge in [-0.1, -0.05) is 45.6 Å². The average molecular weight is 160 g/mol. The fraction of sp³-hybridized carbons (Fsp3) is 1.00. The zero-order valence-corrected chi connectivity index (χ0v) is 9.65. The van der Waals surface area contributed by atoms with E-state index in [1.54, 1.807) is 6.04 Å². The third kappa shape index (κ3) is 3.92. The van der Waals surface area contributed by atoms with Crippen molar-refractivity contribution in [3.05, 3.63) is 0 Å². The Morgan fingerprint density at radius 3 is 1.78 bits per heavy atom. The minimum absolute atomic E-state index is 0.252. The van der Waals surface area contributed by atoms with Gasteiger partial charge in [0.25, 0.3) is 0 Å². The van der Waals surface area contributed by atoms with Gasteiger partial charge in [0.2, 0.25) is 0 Å². The highest BCUT2D eigenvalue weighted by Gasteiger charge is 2.21. The van der Waals surface area contributed by atoms with Crippen LogP contribution >= 0.6 is 0 Å². The van der Waals surface area contributed by atoms with Gasteiger partial charge in [0.05, 0.1) is 0 Å². The first-order valence-electron chi connectivity index (χ1n) is 3.98. The van der Waals surface area contributed by atoms with Crippen molar-refractivity contribution in [2.24, 2.45) is 0 Å². The Hall–Kier alpha value is 0.434. The van der Waals surface area contributed by atoms with Gasteiger partial charge in [0, 0.05) is 15.9 Å². The average Bonchev–Trinajstić information content (AvgIpc) is 1.64. The lowest BCUT2D eigenvalue weighted by Crippen LogP contribution is -2.39. The molecular formula is C7H20Si2. The molecule has 0 fully saturated rings. The van der Waals surface area contributed by atoms with Crippen molar-refractivity contribution < 1.29 is 0 Å². The van der Waals surface area contributed by atoms with Crippen LogP contribution in [0.3, 0.4) is 0 Å². The van der Waals surface area contributed by atoms with Gasteiger partial charge in [0.1, 0.15) is 0 Å². The maximum Gasteiger partial charge on any atom is 0.0346 e. The van der Waals surface area contributed by atoms with Crippen LogP contribution in [-0.4, -0.2) is 15.9 Å². The molecule has 0 spiro atoms. The fourth-order valence-corrected chi connectivity index (χ4v) is 6.06. The number of hydrogen-bond donors (Lipinski definition) is 0. The van der Waals surface area contributed by atoms with E-state index in [-0.39, 0.29) is 8.31 Å². The molecule has 0 saturated carbocycles. The molecule has 1 unspecified atom stereocenters. The van der Waals surface area contributed by atoms with Crippen LogP contribution < -0.4 is 0 Å². The standard InChI is InChI=1S/C7H20Si2/c1-6-7-8(2)9(3,4)5/h8H,6-7H2,1-5H3. The molecule has 0 aliphatic rings. The van der Waals surface area contributed by atoms with Crippen molar-refractivity contribution in [1.29, 1.82) is 0 Å². The van der Waals surface area contributed by atoms with E-state index in [4.69, 9.17) is 0 Å². The molecule has 0 heterocycles. The van der Waals surface area contributed by atoms with Gasteiger partial charge in [-0.05, 0) is 0 Å². The Labute approximate surface area is 62.1 Å². The van der Waals surface area contributed by atoms with E-state index < -0.39 is 7.59 Å². The van der Waals surface area contributed by atoms with Gasteiger partial charge < -0.3 is 0 Å². The molecule has 0 radical (unpaired) electrons. The molecule has 2 heteroatoms.